The third-order valence-corrected chi connectivity index (χ3v) is 1.08. The molecule has 0 spiro atoms. The first kappa shape index (κ1) is 9.22. The van der Waals surface area contributed by atoms with E-state index in [1.807, 2.05) is 0 Å². The highest BCUT2D eigenvalue weighted by Crippen LogP contribution is 2.25. The second-order valence-electron chi connectivity index (χ2n) is 2.12. The molecular weight excluding hydrogens is 151 g/mol. The number of alkyl halides is 3. The van der Waals surface area contributed by atoms with Crippen LogP contribution in [0.4, 0.5) is 13.2 Å². The minimum atomic E-state index is -4.86. The van der Waals surface area contributed by atoms with Crippen LogP contribution in [0.1, 0.15) is 6.92 Å². The van der Waals surface area contributed by atoms with Gasteiger partial charge in [0.25, 0.3) is 0 Å². The molecule has 0 fully saturated rings. The van der Waals surface area contributed by atoms with Crippen molar-refractivity contribution in [2.24, 2.45) is 0 Å². The SMILES string of the molecule is C[C@]([NH3+])(C(=O)[O-])C(F)(F)F. The predicted molar refractivity (Wildman–Crippen MR) is 22.4 cm³/mol. The number of carboxylic acids is 1. The summed E-state index contributed by atoms with van der Waals surface area (Å²) in [6, 6.07) is 0. The second-order valence-corrected chi connectivity index (χ2v) is 2.12. The van der Waals surface area contributed by atoms with E-state index in [0.29, 0.717) is 6.92 Å². The van der Waals surface area contributed by atoms with Crippen LogP contribution in [0.25, 0.3) is 0 Å². The average Bonchev–Trinajstić information content (AvgIpc) is 1.62. The standard InChI is InChI=1S/C4H6F3NO2/c1-3(8,2(9)10)4(5,6)7/h8H2,1H3,(H,9,10)/t3-/m0/s1. The molecule has 0 saturated carbocycles. The zero-order valence-electron chi connectivity index (χ0n) is 5.16. The Morgan fingerprint density at radius 3 is 1.80 bits per heavy atom. The highest BCUT2D eigenvalue weighted by Gasteiger charge is 2.53. The van der Waals surface area contributed by atoms with Gasteiger partial charge in [0.2, 0.25) is 5.54 Å². The number of hydrogen-bond donors (Lipinski definition) is 1. The van der Waals surface area contributed by atoms with Crippen molar-refractivity contribution in [1.82, 2.24) is 0 Å². The normalized spacial score (nSPS) is 18.1. The Balaban J connectivity index is 4.57. The Morgan fingerprint density at radius 2 is 1.80 bits per heavy atom. The predicted octanol–water partition coefficient (Wildman–Crippen LogP) is -1.70. The average molecular weight is 157 g/mol. The highest BCUT2D eigenvalue weighted by atomic mass is 19.4. The van der Waals surface area contributed by atoms with Crippen molar-refractivity contribution < 1.29 is 28.8 Å². The maximum atomic E-state index is 11.6. The minimum absolute atomic E-state index is 0.447. The summed E-state index contributed by atoms with van der Waals surface area (Å²) in [5.41, 5.74) is -0.553. The summed E-state index contributed by atoms with van der Waals surface area (Å²) in [7, 11) is 0. The van der Waals surface area contributed by atoms with E-state index in [1.165, 1.54) is 0 Å². The van der Waals surface area contributed by atoms with E-state index in [1.54, 1.807) is 0 Å². The van der Waals surface area contributed by atoms with Crippen LogP contribution in [0, 0.1) is 0 Å². The molecule has 0 aromatic rings. The van der Waals surface area contributed by atoms with E-state index >= 15 is 0 Å². The van der Waals surface area contributed by atoms with Crippen molar-refractivity contribution in [3.8, 4) is 0 Å². The lowest BCUT2D eigenvalue weighted by atomic mass is 10.1. The first-order chi connectivity index (χ1) is 4.19. The molecule has 0 aliphatic carbocycles. The van der Waals surface area contributed by atoms with Crippen LogP contribution in [0.5, 0.6) is 0 Å². The molecule has 0 aliphatic heterocycles. The number of aliphatic carboxylic acids is 1. The van der Waals surface area contributed by atoms with Gasteiger partial charge in [0, 0.05) is 6.92 Å². The van der Waals surface area contributed by atoms with Crippen LogP contribution in [-0.4, -0.2) is 17.7 Å². The number of halogens is 3. The van der Waals surface area contributed by atoms with Crippen LogP contribution >= 0.6 is 0 Å². The van der Waals surface area contributed by atoms with E-state index in [2.05, 4.69) is 5.73 Å². The maximum Gasteiger partial charge on any atom is 0.449 e. The van der Waals surface area contributed by atoms with Gasteiger partial charge in [-0.25, -0.2) is 0 Å². The van der Waals surface area contributed by atoms with Gasteiger partial charge in [0.15, 0.2) is 0 Å². The molecule has 0 unspecified atom stereocenters. The molecule has 0 radical (unpaired) electrons. The minimum Gasteiger partial charge on any atom is -0.543 e. The zero-order chi connectivity index (χ0) is 8.58. The van der Waals surface area contributed by atoms with Gasteiger partial charge in [-0.15, -0.1) is 0 Å². The summed E-state index contributed by atoms with van der Waals surface area (Å²) in [4.78, 5) is 9.77. The molecular formula is C4H6F3NO2. The fourth-order valence-corrected chi connectivity index (χ4v) is 0.116. The smallest absolute Gasteiger partial charge is 0.449 e. The summed E-state index contributed by atoms with van der Waals surface area (Å²) in [5, 5.41) is 9.77. The monoisotopic (exact) mass is 157 g/mol. The van der Waals surface area contributed by atoms with Gasteiger partial charge in [-0.3, -0.25) is 0 Å². The molecule has 60 valence electrons. The topological polar surface area (TPSA) is 67.8 Å². The van der Waals surface area contributed by atoms with Gasteiger partial charge < -0.3 is 15.6 Å². The Labute approximate surface area is 54.6 Å². The summed E-state index contributed by atoms with van der Waals surface area (Å²) >= 11 is 0. The van der Waals surface area contributed by atoms with Gasteiger partial charge in [-0.2, -0.15) is 13.2 Å². The van der Waals surface area contributed by atoms with Crippen LogP contribution < -0.4 is 10.8 Å². The van der Waals surface area contributed by atoms with Gasteiger partial charge in [0.1, 0.15) is 5.97 Å². The third kappa shape index (κ3) is 1.38. The molecule has 0 bridgehead atoms. The van der Waals surface area contributed by atoms with E-state index in [-0.39, 0.29) is 0 Å². The molecule has 0 amide bonds. The summed E-state index contributed by atoms with van der Waals surface area (Å²) < 4.78 is 34.8. The number of hydrogen-bond acceptors (Lipinski definition) is 2. The first-order valence-corrected chi connectivity index (χ1v) is 2.33. The van der Waals surface area contributed by atoms with Crippen LogP contribution in [-0.2, 0) is 4.79 Å². The van der Waals surface area contributed by atoms with Crippen LogP contribution in [0.15, 0.2) is 0 Å². The fourth-order valence-electron chi connectivity index (χ4n) is 0.116. The largest absolute Gasteiger partial charge is 0.543 e. The number of carbonyl (C=O) groups is 1. The van der Waals surface area contributed by atoms with Crippen molar-refractivity contribution in [1.29, 1.82) is 0 Å². The van der Waals surface area contributed by atoms with Gasteiger partial charge >= 0.3 is 6.18 Å². The Kier molecular flexibility index (Phi) is 1.95. The Hall–Kier alpha value is -0.780. The fraction of sp³-hybridized carbons (Fsp3) is 0.750. The molecule has 3 nitrogen and oxygen atoms in total. The Morgan fingerprint density at radius 1 is 1.50 bits per heavy atom. The maximum absolute atomic E-state index is 11.6. The van der Waals surface area contributed by atoms with Crippen molar-refractivity contribution in [2.45, 2.75) is 18.6 Å². The number of rotatable bonds is 1. The highest BCUT2D eigenvalue weighted by molar-refractivity contribution is 5.74. The third-order valence-electron chi connectivity index (χ3n) is 1.08. The van der Waals surface area contributed by atoms with Crippen LogP contribution in [0.3, 0.4) is 0 Å². The summed E-state index contributed by atoms with van der Waals surface area (Å²) in [6.45, 7) is 0.447. The lowest BCUT2D eigenvalue weighted by Gasteiger charge is -2.24. The van der Waals surface area contributed by atoms with Crippen molar-refractivity contribution in [3.63, 3.8) is 0 Å². The summed E-state index contributed by atoms with van der Waals surface area (Å²) in [6.07, 6.45) is -4.86. The first-order valence-electron chi connectivity index (χ1n) is 2.33. The number of carbonyl (C=O) groups excluding carboxylic acids is 1. The number of quaternary nitrogens is 1. The quantitative estimate of drug-likeness (QED) is 0.493. The lowest BCUT2D eigenvalue weighted by molar-refractivity contribution is -0.533. The molecule has 0 heterocycles. The van der Waals surface area contributed by atoms with Crippen molar-refractivity contribution in [2.75, 3.05) is 0 Å². The molecule has 0 aliphatic rings. The van der Waals surface area contributed by atoms with E-state index in [0.717, 1.165) is 0 Å². The molecule has 0 saturated heterocycles. The van der Waals surface area contributed by atoms with Crippen molar-refractivity contribution >= 4 is 5.97 Å². The molecule has 1 atom stereocenters. The number of carboxylic acid groups (broad SMARTS) is 1. The molecule has 0 aromatic heterocycles. The van der Waals surface area contributed by atoms with E-state index < -0.39 is 17.7 Å². The molecule has 6 heteroatoms. The lowest BCUT2D eigenvalue weighted by Crippen LogP contribution is -2.84. The van der Waals surface area contributed by atoms with Gasteiger partial charge in [-0.1, -0.05) is 0 Å². The van der Waals surface area contributed by atoms with Gasteiger partial charge in [-0.05, 0) is 0 Å². The van der Waals surface area contributed by atoms with Crippen LogP contribution in [0.2, 0.25) is 0 Å². The van der Waals surface area contributed by atoms with E-state index in [9.17, 15) is 23.1 Å². The summed E-state index contributed by atoms with van der Waals surface area (Å²) in [5.74, 6) is -2.22. The molecule has 0 rings (SSSR count). The zero-order valence-corrected chi connectivity index (χ0v) is 5.16. The second kappa shape index (κ2) is 2.12. The Bertz CT molecular complexity index is 151. The molecule has 10 heavy (non-hydrogen) atoms. The van der Waals surface area contributed by atoms with Crippen molar-refractivity contribution in [3.05, 3.63) is 0 Å². The molecule has 0 aromatic carbocycles. The van der Waals surface area contributed by atoms with Gasteiger partial charge in [0.05, 0.1) is 0 Å². The molecule has 3 N–H and O–H groups in total. The van der Waals surface area contributed by atoms with E-state index in [4.69, 9.17) is 0 Å².